The summed E-state index contributed by atoms with van der Waals surface area (Å²) in [7, 11) is 3.07. The fourth-order valence-corrected chi connectivity index (χ4v) is 2.16. The van der Waals surface area contributed by atoms with Crippen molar-refractivity contribution in [2.24, 2.45) is 10.7 Å². The van der Waals surface area contributed by atoms with Gasteiger partial charge in [-0.2, -0.15) is 13.2 Å². The molecule has 6 nitrogen and oxygen atoms in total. The normalized spacial score (nSPS) is 11.8. The highest BCUT2D eigenvalue weighted by atomic mass is 19.4. The molecule has 0 heterocycles. The third kappa shape index (κ3) is 5.98. The van der Waals surface area contributed by atoms with Crippen molar-refractivity contribution < 1.29 is 27.4 Å². The highest BCUT2D eigenvalue weighted by molar-refractivity contribution is 5.94. The van der Waals surface area contributed by atoms with Gasteiger partial charge in [-0.3, -0.25) is 0 Å². The second kappa shape index (κ2) is 9.02. The minimum absolute atomic E-state index is 0.137. The monoisotopic (exact) mass is 383 g/mol. The van der Waals surface area contributed by atoms with Crippen LogP contribution in [0.2, 0.25) is 0 Å². The SMILES string of the molecule is COc1ccc(OC)c(NC(N)=NCCOc2ccc(C(F)(F)F)cc2)c1. The highest BCUT2D eigenvalue weighted by Crippen LogP contribution is 2.30. The first-order valence-electron chi connectivity index (χ1n) is 7.92. The molecule has 0 atom stereocenters. The summed E-state index contributed by atoms with van der Waals surface area (Å²) >= 11 is 0. The van der Waals surface area contributed by atoms with E-state index in [1.54, 1.807) is 25.3 Å². The Morgan fingerprint density at radius 2 is 1.70 bits per heavy atom. The number of hydrogen-bond donors (Lipinski definition) is 2. The molecule has 0 saturated carbocycles. The first-order chi connectivity index (χ1) is 12.8. The Hall–Kier alpha value is -3.10. The van der Waals surface area contributed by atoms with Gasteiger partial charge >= 0.3 is 6.18 Å². The van der Waals surface area contributed by atoms with Crippen LogP contribution < -0.4 is 25.3 Å². The number of guanidine groups is 1. The zero-order chi connectivity index (χ0) is 19.9. The van der Waals surface area contributed by atoms with Crippen LogP contribution in [-0.2, 0) is 6.18 Å². The molecule has 0 unspecified atom stereocenters. The second-order valence-corrected chi connectivity index (χ2v) is 5.33. The number of halogens is 3. The van der Waals surface area contributed by atoms with Gasteiger partial charge < -0.3 is 25.3 Å². The van der Waals surface area contributed by atoms with Gasteiger partial charge in [0.25, 0.3) is 0 Å². The van der Waals surface area contributed by atoms with E-state index in [2.05, 4.69) is 10.3 Å². The van der Waals surface area contributed by atoms with Crippen molar-refractivity contribution in [2.75, 3.05) is 32.7 Å². The Balaban J connectivity index is 1.87. The fourth-order valence-electron chi connectivity index (χ4n) is 2.16. The molecule has 0 spiro atoms. The number of nitrogens with two attached hydrogens (primary N) is 1. The molecule has 0 aliphatic heterocycles. The molecule has 2 aromatic rings. The molecule has 0 aromatic heterocycles. The average molecular weight is 383 g/mol. The molecule has 146 valence electrons. The predicted molar refractivity (Wildman–Crippen MR) is 96.6 cm³/mol. The Kier molecular flexibility index (Phi) is 6.75. The van der Waals surface area contributed by atoms with Gasteiger partial charge in [0.15, 0.2) is 5.96 Å². The second-order valence-electron chi connectivity index (χ2n) is 5.33. The number of methoxy groups -OCH3 is 2. The summed E-state index contributed by atoms with van der Waals surface area (Å²) in [5.74, 6) is 1.64. The first kappa shape index (κ1) is 20.2. The molecule has 3 N–H and O–H groups in total. The van der Waals surface area contributed by atoms with Gasteiger partial charge in [0.1, 0.15) is 23.9 Å². The summed E-state index contributed by atoms with van der Waals surface area (Å²) in [6.07, 6.45) is -4.37. The maximum absolute atomic E-state index is 12.5. The van der Waals surface area contributed by atoms with Crippen LogP contribution in [0.25, 0.3) is 0 Å². The Morgan fingerprint density at radius 1 is 1.04 bits per heavy atom. The predicted octanol–water partition coefficient (Wildman–Crippen LogP) is 3.53. The topological polar surface area (TPSA) is 78.1 Å². The largest absolute Gasteiger partial charge is 0.497 e. The van der Waals surface area contributed by atoms with Crippen molar-refractivity contribution in [2.45, 2.75) is 6.18 Å². The van der Waals surface area contributed by atoms with Crippen LogP contribution in [0.15, 0.2) is 47.5 Å². The van der Waals surface area contributed by atoms with Crippen LogP contribution in [0.5, 0.6) is 17.2 Å². The Labute approximate surface area is 154 Å². The lowest BCUT2D eigenvalue weighted by molar-refractivity contribution is -0.137. The van der Waals surface area contributed by atoms with Gasteiger partial charge in [-0.15, -0.1) is 0 Å². The summed E-state index contributed by atoms with van der Waals surface area (Å²) in [5.41, 5.74) is 5.69. The van der Waals surface area contributed by atoms with Gasteiger partial charge in [0, 0.05) is 6.07 Å². The van der Waals surface area contributed by atoms with E-state index in [1.807, 2.05) is 0 Å². The maximum Gasteiger partial charge on any atom is 0.416 e. The third-order valence-corrected chi connectivity index (χ3v) is 3.49. The highest BCUT2D eigenvalue weighted by Gasteiger charge is 2.29. The van der Waals surface area contributed by atoms with Gasteiger partial charge in [0.05, 0.1) is 32.0 Å². The van der Waals surface area contributed by atoms with Crippen LogP contribution in [0, 0.1) is 0 Å². The van der Waals surface area contributed by atoms with Crippen molar-refractivity contribution in [3.05, 3.63) is 48.0 Å². The lowest BCUT2D eigenvalue weighted by Gasteiger charge is -2.12. The fraction of sp³-hybridized carbons (Fsp3) is 0.278. The van der Waals surface area contributed by atoms with Crippen LogP contribution in [0.3, 0.4) is 0 Å². The minimum Gasteiger partial charge on any atom is -0.497 e. The summed E-state index contributed by atoms with van der Waals surface area (Å²) in [6, 6.07) is 9.62. The number of benzene rings is 2. The maximum atomic E-state index is 12.5. The lowest BCUT2D eigenvalue weighted by atomic mass is 10.2. The van der Waals surface area contributed by atoms with E-state index in [4.69, 9.17) is 19.9 Å². The molecule has 0 amide bonds. The number of nitrogens with one attached hydrogen (secondary N) is 1. The smallest absolute Gasteiger partial charge is 0.416 e. The molecular formula is C18H20F3N3O3. The van der Waals surface area contributed by atoms with E-state index >= 15 is 0 Å². The van der Waals surface area contributed by atoms with Crippen molar-refractivity contribution in [3.63, 3.8) is 0 Å². The van der Waals surface area contributed by atoms with Crippen molar-refractivity contribution in [1.82, 2.24) is 0 Å². The summed E-state index contributed by atoms with van der Waals surface area (Å²) in [5, 5.41) is 2.90. The molecule has 0 aliphatic rings. The van der Waals surface area contributed by atoms with E-state index in [0.29, 0.717) is 22.9 Å². The molecule has 0 fully saturated rings. The molecule has 2 aromatic carbocycles. The molecule has 0 bridgehead atoms. The number of alkyl halides is 3. The molecule has 27 heavy (non-hydrogen) atoms. The van der Waals surface area contributed by atoms with Crippen LogP contribution >= 0.6 is 0 Å². The average Bonchev–Trinajstić information content (AvgIpc) is 2.65. The zero-order valence-corrected chi connectivity index (χ0v) is 14.8. The van der Waals surface area contributed by atoms with Crippen molar-refractivity contribution in [3.8, 4) is 17.2 Å². The minimum atomic E-state index is -4.37. The quantitative estimate of drug-likeness (QED) is 0.435. The molecule has 0 saturated heterocycles. The van der Waals surface area contributed by atoms with Gasteiger partial charge in [-0.05, 0) is 36.4 Å². The number of nitrogens with zero attached hydrogens (tertiary/aromatic N) is 1. The van der Waals surface area contributed by atoms with E-state index in [0.717, 1.165) is 12.1 Å². The van der Waals surface area contributed by atoms with Crippen molar-refractivity contribution >= 4 is 11.6 Å². The summed E-state index contributed by atoms with van der Waals surface area (Å²) < 4.78 is 53.2. The van der Waals surface area contributed by atoms with Crippen molar-refractivity contribution in [1.29, 1.82) is 0 Å². The lowest BCUT2D eigenvalue weighted by Crippen LogP contribution is -2.24. The zero-order valence-electron chi connectivity index (χ0n) is 14.8. The van der Waals surface area contributed by atoms with E-state index < -0.39 is 11.7 Å². The first-order valence-corrected chi connectivity index (χ1v) is 7.92. The van der Waals surface area contributed by atoms with E-state index in [-0.39, 0.29) is 19.1 Å². The Bertz CT molecular complexity index is 778. The van der Waals surface area contributed by atoms with Crippen LogP contribution in [0.1, 0.15) is 5.56 Å². The number of rotatable bonds is 7. The standard InChI is InChI=1S/C18H20F3N3O3/c1-25-14-7-8-16(26-2)15(11-14)24-17(22)23-9-10-27-13-5-3-12(4-6-13)18(19,20)21/h3-8,11H,9-10H2,1-2H3,(H3,22,23,24). The number of hydrogen-bond acceptors (Lipinski definition) is 4. The van der Waals surface area contributed by atoms with Gasteiger partial charge in [-0.25, -0.2) is 4.99 Å². The van der Waals surface area contributed by atoms with Gasteiger partial charge in [-0.1, -0.05) is 0 Å². The molecule has 2 rings (SSSR count). The third-order valence-electron chi connectivity index (χ3n) is 3.49. The summed E-state index contributed by atoms with van der Waals surface area (Å²) in [4.78, 5) is 4.10. The molecule has 0 aliphatic carbocycles. The van der Waals surface area contributed by atoms with Crippen LogP contribution in [-0.4, -0.2) is 33.3 Å². The Morgan fingerprint density at radius 3 is 2.30 bits per heavy atom. The number of anilines is 1. The summed E-state index contributed by atoms with van der Waals surface area (Å²) in [6.45, 7) is 0.370. The van der Waals surface area contributed by atoms with Crippen LogP contribution in [0.4, 0.5) is 18.9 Å². The number of aliphatic imine (C=N–C) groups is 1. The molecule has 9 heteroatoms. The van der Waals surface area contributed by atoms with E-state index in [1.165, 1.54) is 19.2 Å². The molecular weight excluding hydrogens is 363 g/mol. The van der Waals surface area contributed by atoms with E-state index in [9.17, 15) is 13.2 Å². The molecule has 0 radical (unpaired) electrons. The van der Waals surface area contributed by atoms with Gasteiger partial charge in [0.2, 0.25) is 0 Å². The number of ether oxygens (including phenoxy) is 3.